The number of H-pyrrole nitrogens is 1. The van der Waals surface area contributed by atoms with E-state index in [1.165, 1.54) is 6.21 Å². The first-order chi connectivity index (χ1) is 10.1. The number of para-hydroxylation sites is 1. The van der Waals surface area contributed by atoms with E-state index in [1.807, 2.05) is 0 Å². The highest BCUT2D eigenvalue weighted by atomic mass is 16.3. The molecular formula is C14H15N3O4. The highest BCUT2D eigenvalue weighted by Crippen LogP contribution is 2.14. The number of benzene rings is 1. The molecule has 7 nitrogen and oxygen atoms in total. The molecule has 0 saturated heterocycles. The van der Waals surface area contributed by atoms with Gasteiger partial charge in [-0.2, -0.15) is 0 Å². The van der Waals surface area contributed by atoms with Crippen LogP contribution in [-0.2, 0) is 0 Å². The Morgan fingerprint density at radius 2 is 1.95 bits per heavy atom. The quantitative estimate of drug-likeness (QED) is 0.533. The molecule has 1 heterocycles. The normalized spacial score (nSPS) is 11.1. The van der Waals surface area contributed by atoms with Gasteiger partial charge in [0.05, 0.1) is 5.69 Å². The molecule has 110 valence electrons. The number of hydrogen-bond donors (Lipinski definition) is 3. The van der Waals surface area contributed by atoms with Crippen molar-refractivity contribution in [1.29, 1.82) is 0 Å². The number of nitrogens with zero attached hydrogens (tertiary/aromatic N) is 2. The molecular weight excluding hydrogens is 274 g/mol. The summed E-state index contributed by atoms with van der Waals surface area (Å²) in [6, 6.07) is 8.45. The molecule has 3 N–H and O–H groups in total. The van der Waals surface area contributed by atoms with Crippen molar-refractivity contribution in [3.05, 3.63) is 56.7 Å². The summed E-state index contributed by atoms with van der Waals surface area (Å²) < 4.78 is 0.995. The standard InChI is InChI=1S/C14H15N3O4/c18-8-4-7-15-9-11-12(19)16-14(21)17(13(11)20)10-5-2-1-3-6-10/h1-3,5-6,9,18,20H,4,7-8H2,(H,16,19,21). The highest BCUT2D eigenvalue weighted by molar-refractivity contribution is 5.82. The summed E-state index contributed by atoms with van der Waals surface area (Å²) in [6.07, 6.45) is 1.65. The lowest BCUT2D eigenvalue weighted by Gasteiger charge is -2.09. The fourth-order valence-electron chi connectivity index (χ4n) is 1.79. The van der Waals surface area contributed by atoms with Crippen LogP contribution in [0.5, 0.6) is 5.88 Å². The SMILES string of the molecule is O=c1[nH]c(=O)n(-c2ccccc2)c(O)c1C=NCCCO. The first-order valence-corrected chi connectivity index (χ1v) is 6.39. The fourth-order valence-corrected chi connectivity index (χ4v) is 1.79. The minimum absolute atomic E-state index is 0.0107. The molecule has 0 bridgehead atoms. The molecule has 0 unspecified atom stereocenters. The van der Waals surface area contributed by atoms with E-state index in [0.29, 0.717) is 18.7 Å². The molecule has 0 atom stereocenters. The van der Waals surface area contributed by atoms with Gasteiger partial charge in [0.2, 0.25) is 5.88 Å². The van der Waals surface area contributed by atoms with Crippen molar-refractivity contribution in [3.8, 4) is 11.6 Å². The molecule has 0 aliphatic heterocycles. The van der Waals surface area contributed by atoms with Gasteiger partial charge < -0.3 is 10.2 Å². The van der Waals surface area contributed by atoms with E-state index in [-0.39, 0.29) is 12.2 Å². The minimum atomic E-state index is -0.726. The average molecular weight is 289 g/mol. The van der Waals surface area contributed by atoms with Crippen LogP contribution >= 0.6 is 0 Å². The van der Waals surface area contributed by atoms with Crippen LogP contribution in [0.3, 0.4) is 0 Å². The van der Waals surface area contributed by atoms with E-state index < -0.39 is 17.1 Å². The van der Waals surface area contributed by atoms with Gasteiger partial charge in [-0.1, -0.05) is 18.2 Å². The third kappa shape index (κ3) is 3.26. The minimum Gasteiger partial charge on any atom is -0.493 e. The van der Waals surface area contributed by atoms with Crippen LogP contribution in [0.25, 0.3) is 5.69 Å². The smallest absolute Gasteiger partial charge is 0.335 e. The van der Waals surface area contributed by atoms with Gasteiger partial charge in [-0.3, -0.25) is 14.8 Å². The number of aliphatic hydroxyl groups is 1. The summed E-state index contributed by atoms with van der Waals surface area (Å²) in [5.74, 6) is -0.470. The number of aromatic amines is 1. The lowest BCUT2D eigenvalue weighted by molar-refractivity contribution is 0.291. The van der Waals surface area contributed by atoms with E-state index in [4.69, 9.17) is 5.11 Å². The van der Waals surface area contributed by atoms with Gasteiger partial charge in [0, 0.05) is 19.4 Å². The summed E-state index contributed by atoms with van der Waals surface area (Å²) in [6.45, 7) is 0.309. The molecule has 0 aliphatic carbocycles. The number of hydrogen-bond acceptors (Lipinski definition) is 5. The molecule has 1 aromatic heterocycles. The predicted octanol–water partition coefficient (Wildman–Crippen LogP) is 0.0327. The van der Waals surface area contributed by atoms with Crippen molar-refractivity contribution in [2.75, 3.05) is 13.2 Å². The summed E-state index contributed by atoms with van der Waals surface area (Å²) in [5, 5.41) is 18.8. The number of rotatable bonds is 5. The molecule has 2 aromatic rings. The van der Waals surface area contributed by atoms with E-state index >= 15 is 0 Å². The lowest BCUT2D eigenvalue weighted by atomic mass is 10.3. The van der Waals surface area contributed by atoms with E-state index in [2.05, 4.69) is 9.98 Å². The molecule has 7 heteroatoms. The Morgan fingerprint density at radius 1 is 1.24 bits per heavy atom. The second-order valence-corrected chi connectivity index (χ2v) is 4.28. The van der Waals surface area contributed by atoms with Crippen molar-refractivity contribution >= 4 is 6.21 Å². The van der Waals surface area contributed by atoms with Crippen LogP contribution in [-0.4, -0.2) is 39.1 Å². The summed E-state index contributed by atoms with van der Waals surface area (Å²) in [5.41, 5.74) is -1.11. The Balaban J connectivity index is 2.51. The molecule has 0 fully saturated rings. The maximum atomic E-state index is 11.9. The Bertz CT molecular complexity index is 747. The monoisotopic (exact) mass is 289 g/mol. The number of aliphatic imine (C=N–C) groups is 1. The van der Waals surface area contributed by atoms with Crippen molar-refractivity contribution in [2.45, 2.75) is 6.42 Å². The largest absolute Gasteiger partial charge is 0.493 e. The topological polar surface area (TPSA) is 108 Å². The number of nitrogens with one attached hydrogen (secondary N) is 1. The third-order valence-electron chi connectivity index (χ3n) is 2.80. The fraction of sp³-hybridized carbons (Fsp3) is 0.214. The van der Waals surface area contributed by atoms with Gasteiger partial charge in [-0.05, 0) is 18.6 Å². The van der Waals surface area contributed by atoms with E-state index in [0.717, 1.165) is 4.57 Å². The van der Waals surface area contributed by atoms with Crippen molar-refractivity contribution in [3.63, 3.8) is 0 Å². The molecule has 1 aromatic carbocycles. The second kappa shape index (κ2) is 6.67. The molecule has 21 heavy (non-hydrogen) atoms. The van der Waals surface area contributed by atoms with Crippen molar-refractivity contribution in [1.82, 2.24) is 9.55 Å². The zero-order valence-electron chi connectivity index (χ0n) is 11.2. The number of aliphatic hydroxyl groups excluding tert-OH is 1. The summed E-state index contributed by atoms with van der Waals surface area (Å²) in [4.78, 5) is 29.7. The van der Waals surface area contributed by atoms with Gasteiger partial charge in [-0.15, -0.1) is 0 Å². The Morgan fingerprint density at radius 3 is 2.62 bits per heavy atom. The van der Waals surface area contributed by atoms with Crippen LogP contribution in [0.1, 0.15) is 12.0 Å². The molecule has 2 rings (SSSR count). The van der Waals surface area contributed by atoms with Crippen LogP contribution in [0.4, 0.5) is 0 Å². The molecule has 0 amide bonds. The predicted molar refractivity (Wildman–Crippen MR) is 78.5 cm³/mol. The zero-order chi connectivity index (χ0) is 15.2. The second-order valence-electron chi connectivity index (χ2n) is 4.28. The van der Waals surface area contributed by atoms with Gasteiger partial charge >= 0.3 is 5.69 Å². The summed E-state index contributed by atoms with van der Waals surface area (Å²) >= 11 is 0. The summed E-state index contributed by atoms with van der Waals surface area (Å²) in [7, 11) is 0. The van der Waals surface area contributed by atoms with Crippen LogP contribution in [0.15, 0.2) is 44.9 Å². The van der Waals surface area contributed by atoms with Gasteiger partial charge in [0.1, 0.15) is 5.56 Å². The van der Waals surface area contributed by atoms with Gasteiger partial charge in [0.15, 0.2) is 0 Å². The molecule has 0 saturated carbocycles. The lowest BCUT2D eigenvalue weighted by Crippen LogP contribution is -2.31. The van der Waals surface area contributed by atoms with E-state index in [1.54, 1.807) is 30.3 Å². The Labute approximate surface area is 119 Å². The Kier molecular flexibility index (Phi) is 4.68. The van der Waals surface area contributed by atoms with Gasteiger partial charge in [0.25, 0.3) is 5.56 Å². The maximum absolute atomic E-state index is 11.9. The van der Waals surface area contributed by atoms with Crippen LogP contribution in [0.2, 0.25) is 0 Å². The molecule has 0 spiro atoms. The van der Waals surface area contributed by atoms with Crippen LogP contribution < -0.4 is 11.2 Å². The molecule has 0 radical (unpaired) electrons. The number of aromatic hydroxyl groups is 1. The maximum Gasteiger partial charge on any atom is 0.335 e. The van der Waals surface area contributed by atoms with Gasteiger partial charge in [-0.25, -0.2) is 9.36 Å². The third-order valence-corrected chi connectivity index (χ3v) is 2.80. The zero-order valence-corrected chi connectivity index (χ0v) is 11.2. The average Bonchev–Trinajstić information content (AvgIpc) is 2.47. The molecule has 0 aliphatic rings. The number of aromatic nitrogens is 2. The Hall–Kier alpha value is -2.67. The highest BCUT2D eigenvalue weighted by Gasteiger charge is 2.13. The van der Waals surface area contributed by atoms with Crippen LogP contribution in [0, 0.1) is 0 Å². The van der Waals surface area contributed by atoms with Crippen molar-refractivity contribution < 1.29 is 10.2 Å². The first-order valence-electron chi connectivity index (χ1n) is 6.39. The first kappa shape index (κ1) is 14.7. The van der Waals surface area contributed by atoms with E-state index in [9.17, 15) is 14.7 Å². The van der Waals surface area contributed by atoms with Crippen molar-refractivity contribution in [2.24, 2.45) is 4.99 Å².